The number of benzene rings is 1. The van der Waals surface area contributed by atoms with Gasteiger partial charge in [0, 0.05) is 16.0 Å². The first-order valence-electron chi connectivity index (χ1n) is 11.2. The number of aromatic amines is 1. The van der Waals surface area contributed by atoms with Crippen molar-refractivity contribution >= 4 is 40.9 Å². The van der Waals surface area contributed by atoms with E-state index in [9.17, 15) is 29.4 Å². The van der Waals surface area contributed by atoms with Gasteiger partial charge >= 0.3 is 10.8 Å². The molecule has 2 amide bonds. The number of ether oxygens (including phenoxy) is 1. The normalized spacial score (nSPS) is 33.1. The number of nitrogens with one attached hydrogen (secondary N) is 1. The number of phenolic OH excluding ortho intramolecular Hbond substituents is 1. The van der Waals surface area contributed by atoms with Crippen LogP contribution < -0.4 is 9.61 Å². The maximum Gasteiger partial charge on any atom is 0.323 e. The van der Waals surface area contributed by atoms with Crippen LogP contribution in [0.1, 0.15) is 29.7 Å². The van der Waals surface area contributed by atoms with Crippen molar-refractivity contribution in [3.05, 3.63) is 38.3 Å². The number of hydrogen-bond donors (Lipinski definition) is 3. The Hall–Kier alpha value is -2.79. The van der Waals surface area contributed by atoms with Crippen molar-refractivity contribution in [2.24, 2.45) is 29.6 Å². The van der Waals surface area contributed by atoms with Crippen LogP contribution in [0, 0.1) is 29.6 Å². The number of H-pyrrole nitrogens is 1. The number of thioether (sulfide) groups is 1. The van der Waals surface area contributed by atoms with Crippen molar-refractivity contribution < 1.29 is 29.3 Å². The van der Waals surface area contributed by atoms with Crippen LogP contribution in [0.15, 0.2) is 28.0 Å². The van der Waals surface area contributed by atoms with Crippen LogP contribution in [-0.4, -0.2) is 56.3 Å². The van der Waals surface area contributed by atoms with Gasteiger partial charge in [0.15, 0.2) is 11.5 Å². The van der Waals surface area contributed by atoms with E-state index in [2.05, 4.69) is 4.98 Å². The number of amides is 2. The van der Waals surface area contributed by atoms with Gasteiger partial charge < -0.3 is 19.9 Å². The zero-order valence-electron chi connectivity index (χ0n) is 18.1. The van der Waals surface area contributed by atoms with Crippen LogP contribution in [0.25, 0.3) is 0 Å². The molecule has 3 N–H and O–H groups in total. The summed E-state index contributed by atoms with van der Waals surface area (Å²) in [5.41, 5.74) is 0.885. The molecule has 4 aliphatic rings. The summed E-state index contributed by atoms with van der Waals surface area (Å²) in [6, 6.07) is 5.21. The average molecular weight is 503 g/mol. The van der Waals surface area contributed by atoms with Crippen molar-refractivity contribution in [1.29, 1.82) is 0 Å². The fraction of sp³-hybridized carbons (Fsp3) is 0.478. The molecule has 2 saturated carbocycles. The molecule has 0 radical (unpaired) electrons. The molecule has 9 nitrogen and oxygen atoms in total. The number of thiazole rings is 1. The summed E-state index contributed by atoms with van der Waals surface area (Å²) in [6.07, 6.45) is 0.724. The lowest BCUT2D eigenvalue weighted by Gasteiger charge is -2.43. The Morgan fingerprint density at radius 2 is 1.94 bits per heavy atom. The molecular weight excluding hydrogens is 480 g/mol. The Balaban J connectivity index is 1.45. The summed E-state index contributed by atoms with van der Waals surface area (Å²) < 4.78 is 5.60. The molecule has 2 aliphatic heterocycles. The lowest BCUT2D eigenvalue weighted by Crippen LogP contribution is -2.42. The Bertz CT molecular complexity index is 1290. The van der Waals surface area contributed by atoms with Crippen LogP contribution in [0.2, 0.25) is 0 Å². The third-order valence-electron chi connectivity index (χ3n) is 7.75. The molecule has 6 rings (SSSR count). The number of likely N-dealkylation sites (tertiary alicyclic amines) is 1. The first kappa shape index (κ1) is 21.7. The van der Waals surface area contributed by atoms with Crippen LogP contribution in [-0.2, 0) is 14.4 Å². The van der Waals surface area contributed by atoms with E-state index < -0.39 is 24.3 Å². The number of carbonyl (C=O) groups is 3. The summed E-state index contributed by atoms with van der Waals surface area (Å²) >= 11 is 2.72. The number of carboxylic acid groups (broad SMARTS) is 1. The van der Waals surface area contributed by atoms with Crippen LogP contribution in [0.4, 0.5) is 0 Å². The van der Waals surface area contributed by atoms with Crippen LogP contribution >= 0.6 is 23.1 Å². The molecule has 3 heterocycles. The van der Waals surface area contributed by atoms with Gasteiger partial charge in [-0.2, -0.15) is 0 Å². The Kier molecular flexibility index (Phi) is 4.86. The van der Waals surface area contributed by atoms with E-state index in [0.29, 0.717) is 12.4 Å². The molecule has 1 aromatic carbocycles. The van der Waals surface area contributed by atoms with Gasteiger partial charge in [-0.25, -0.2) is 0 Å². The Labute approximate surface area is 202 Å². The van der Waals surface area contributed by atoms with E-state index in [4.69, 9.17) is 4.74 Å². The second-order valence-electron chi connectivity index (χ2n) is 9.28. The van der Waals surface area contributed by atoms with Gasteiger partial charge in [-0.05, 0) is 48.8 Å². The van der Waals surface area contributed by atoms with Gasteiger partial charge in [-0.15, -0.1) is 11.8 Å². The van der Waals surface area contributed by atoms with Crippen molar-refractivity contribution in [1.82, 2.24) is 9.88 Å². The van der Waals surface area contributed by atoms with Gasteiger partial charge in [0.25, 0.3) is 0 Å². The smallest absolute Gasteiger partial charge is 0.323 e. The Morgan fingerprint density at radius 1 is 1.21 bits per heavy atom. The monoisotopic (exact) mass is 502 g/mol. The molecule has 2 aliphatic carbocycles. The van der Waals surface area contributed by atoms with Crippen LogP contribution in [0.5, 0.6) is 11.5 Å². The summed E-state index contributed by atoms with van der Waals surface area (Å²) in [5.74, 6) is -2.97. The highest BCUT2D eigenvalue weighted by Gasteiger charge is 2.69. The minimum atomic E-state index is -1.20. The summed E-state index contributed by atoms with van der Waals surface area (Å²) in [6.45, 7) is 1.61. The summed E-state index contributed by atoms with van der Waals surface area (Å²) in [4.78, 5) is 54.5. The average Bonchev–Trinajstić information content (AvgIpc) is 3.51. The van der Waals surface area contributed by atoms with Gasteiger partial charge in [0.05, 0.1) is 23.5 Å². The highest BCUT2D eigenvalue weighted by molar-refractivity contribution is 8.00. The third kappa shape index (κ3) is 2.92. The van der Waals surface area contributed by atoms with Crippen molar-refractivity contribution in [3.8, 4) is 11.5 Å². The molecule has 178 valence electrons. The van der Waals surface area contributed by atoms with Gasteiger partial charge in [0.1, 0.15) is 6.54 Å². The van der Waals surface area contributed by atoms with Crippen molar-refractivity contribution in [2.75, 3.05) is 13.2 Å². The maximum absolute atomic E-state index is 13.2. The minimum Gasteiger partial charge on any atom is -0.504 e. The predicted octanol–water partition coefficient (Wildman–Crippen LogP) is 2.10. The quantitative estimate of drug-likeness (QED) is 0.529. The highest BCUT2D eigenvalue weighted by Crippen LogP contribution is 2.68. The van der Waals surface area contributed by atoms with E-state index in [0.717, 1.165) is 38.1 Å². The largest absolute Gasteiger partial charge is 0.504 e. The molecular formula is C23H22N2O7S2. The molecule has 2 bridgehead atoms. The number of carboxylic acids is 1. The van der Waals surface area contributed by atoms with E-state index in [-0.39, 0.29) is 51.4 Å². The van der Waals surface area contributed by atoms with E-state index in [1.165, 1.54) is 0 Å². The third-order valence-corrected chi connectivity index (χ3v) is 10.3. The maximum atomic E-state index is 13.2. The second kappa shape index (κ2) is 7.61. The zero-order chi connectivity index (χ0) is 23.9. The number of carbonyl (C=O) groups excluding carboxylic acids is 2. The molecule has 11 heteroatoms. The number of phenols is 1. The van der Waals surface area contributed by atoms with E-state index >= 15 is 0 Å². The number of fused-ring (bicyclic) bond motifs is 9. The molecule has 7 atom stereocenters. The number of rotatable bonds is 5. The summed E-state index contributed by atoms with van der Waals surface area (Å²) in [7, 11) is 0. The Morgan fingerprint density at radius 3 is 2.65 bits per heavy atom. The first-order chi connectivity index (χ1) is 16.3. The fourth-order valence-electron chi connectivity index (χ4n) is 6.74. The summed E-state index contributed by atoms with van der Waals surface area (Å²) in [5, 5.41) is 20.2. The number of aromatic nitrogens is 1. The number of aromatic hydroxyl groups is 1. The predicted molar refractivity (Wildman–Crippen MR) is 122 cm³/mol. The number of imide groups is 1. The first-order valence-corrected chi connectivity index (χ1v) is 12.9. The minimum absolute atomic E-state index is 0.00394. The molecule has 0 unspecified atom stereocenters. The fourth-order valence-corrected chi connectivity index (χ4v) is 9.63. The SMILES string of the molecule is CCOc1cc([C@H]2c3sc(=O)[nH]c3S[C@@H]3[C@H]4C[C@@H]([C@@H]5C(=O)N(CC(=O)O)C(=O)[C@H]45)[C@@H]23)ccc1O. The molecule has 34 heavy (non-hydrogen) atoms. The van der Waals surface area contributed by atoms with Crippen LogP contribution in [0.3, 0.4) is 0 Å². The molecule has 3 fully saturated rings. The van der Waals surface area contributed by atoms with Gasteiger partial charge in [-0.1, -0.05) is 17.4 Å². The molecule has 2 aromatic rings. The van der Waals surface area contributed by atoms with Crippen molar-refractivity contribution in [3.63, 3.8) is 0 Å². The van der Waals surface area contributed by atoms with E-state index in [1.54, 1.807) is 23.9 Å². The topological polar surface area (TPSA) is 137 Å². The highest BCUT2D eigenvalue weighted by atomic mass is 32.2. The molecule has 1 aromatic heterocycles. The van der Waals surface area contributed by atoms with Crippen molar-refractivity contribution in [2.45, 2.75) is 29.5 Å². The number of nitrogens with zero attached hydrogens (tertiary/aromatic N) is 1. The lowest BCUT2D eigenvalue weighted by molar-refractivity contribution is -0.149. The standard InChI is InChI=1S/C23H22N2O7S2/c1-2-32-12-5-8(3-4-11(12)26)14-15-9-6-10(18(15)33-20-19(14)34-23(31)24-20)17-16(9)21(29)25(22(17)30)7-13(27)28/h3-5,9-10,14-18,26H,2,6-7H2,1H3,(H,24,31)(H,27,28)/t9-,10+,14-,15+,16+,17-,18-/m1/s1. The van der Waals surface area contributed by atoms with Gasteiger partial charge in [-0.3, -0.25) is 24.1 Å². The zero-order valence-corrected chi connectivity index (χ0v) is 19.7. The molecule has 1 saturated heterocycles. The lowest BCUT2D eigenvalue weighted by atomic mass is 9.68. The number of aliphatic carboxylic acids is 1. The number of hydrogen-bond acceptors (Lipinski definition) is 8. The van der Waals surface area contributed by atoms with E-state index in [1.807, 2.05) is 13.0 Å². The van der Waals surface area contributed by atoms with Gasteiger partial charge in [0.2, 0.25) is 11.8 Å². The second-order valence-corrected chi connectivity index (χ2v) is 11.5. The molecule has 0 spiro atoms.